The standard InChI is InChI=1S/C21H25N3O7S2/c1-21(2,3)14-5-7-15(8-6-14)23-19(25)13-31-20(26)12-22-33(29,30)16-9-10-18(32-4)17(11-16)24(27)28/h5-11,22H,12-13H2,1-4H3,(H,23,25). The molecule has 0 radical (unpaired) electrons. The van der Waals surface area contributed by atoms with Crippen LogP contribution in [0.15, 0.2) is 52.3 Å². The van der Waals surface area contributed by atoms with E-state index in [0.717, 1.165) is 23.4 Å². The summed E-state index contributed by atoms with van der Waals surface area (Å²) in [6.45, 7) is 4.85. The zero-order chi connectivity index (χ0) is 24.8. The van der Waals surface area contributed by atoms with Gasteiger partial charge in [-0.3, -0.25) is 19.7 Å². The SMILES string of the molecule is CSc1ccc(S(=O)(=O)NCC(=O)OCC(=O)Nc2ccc(C(C)(C)C)cc2)cc1[N+](=O)[O-]. The van der Waals surface area contributed by atoms with Gasteiger partial charge in [0.05, 0.1) is 14.7 Å². The van der Waals surface area contributed by atoms with Crippen LogP contribution < -0.4 is 10.0 Å². The Balaban J connectivity index is 1.89. The van der Waals surface area contributed by atoms with Gasteiger partial charge < -0.3 is 10.1 Å². The highest BCUT2D eigenvalue weighted by molar-refractivity contribution is 7.98. The van der Waals surface area contributed by atoms with Gasteiger partial charge >= 0.3 is 5.97 Å². The van der Waals surface area contributed by atoms with E-state index in [4.69, 9.17) is 4.74 Å². The van der Waals surface area contributed by atoms with Crippen molar-refractivity contribution in [2.45, 2.75) is 36.0 Å². The molecule has 12 heteroatoms. The topological polar surface area (TPSA) is 145 Å². The summed E-state index contributed by atoms with van der Waals surface area (Å²) in [5, 5.41) is 13.7. The van der Waals surface area contributed by atoms with Crippen LogP contribution in [0.3, 0.4) is 0 Å². The van der Waals surface area contributed by atoms with Crippen LogP contribution in [0.4, 0.5) is 11.4 Å². The number of hydrogen-bond acceptors (Lipinski definition) is 8. The van der Waals surface area contributed by atoms with Crippen LogP contribution in [-0.4, -0.2) is 44.6 Å². The maximum Gasteiger partial charge on any atom is 0.321 e. The lowest BCUT2D eigenvalue weighted by Crippen LogP contribution is -2.32. The Kier molecular flexibility index (Phi) is 8.58. The van der Waals surface area contributed by atoms with Gasteiger partial charge in [-0.2, -0.15) is 4.72 Å². The van der Waals surface area contributed by atoms with Crippen molar-refractivity contribution in [1.29, 1.82) is 0 Å². The monoisotopic (exact) mass is 495 g/mol. The number of carbonyl (C=O) groups excluding carboxylic acids is 2. The molecule has 0 heterocycles. The van der Waals surface area contributed by atoms with Crippen molar-refractivity contribution in [3.63, 3.8) is 0 Å². The average Bonchev–Trinajstić information content (AvgIpc) is 2.75. The summed E-state index contributed by atoms with van der Waals surface area (Å²) in [5.74, 6) is -1.56. The number of nitro groups is 1. The molecule has 10 nitrogen and oxygen atoms in total. The quantitative estimate of drug-likeness (QED) is 0.234. The Morgan fingerprint density at radius 1 is 1.12 bits per heavy atom. The molecule has 2 aromatic carbocycles. The number of nitrogens with one attached hydrogen (secondary N) is 2. The number of thioether (sulfide) groups is 1. The fourth-order valence-electron chi connectivity index (χ4n) is 2.66. The van der Waals surface area contributed by atoms with Gasteiger partial charge in [-0.05, 0) is 41.5 Å². The molecule has 0 aliphatic heterocycles. The minimum absolute atomic E-state index is 0.0344. The fourth-order valence-corrected chi connectivity index (χ4v) is 4.20. The van der Waals surface area contributed by atoms with Crippen molar-refractivity contribution in [3.05, 3.63) is 58.1 Å². The van der Waals surface area contributed by atoms with Crippen LogP contribution in [0.1, 0.15) is 26.3 Å². The van der Waals surface area contributed by atoms with Crippen molar-refractivity contribution in [2.24, 2.45) is 0 Å². The predicted octanol–water partition coefficient (Wildman–Crippen LogP) is 3.07. The van der Waals surface area contributed by atoms with Gasteiger partial charge in [0, 0.05) is 11.8 Å². The summed E-state index contributed by atoms with van der Waals surface area (Å²) in [7, 11) is -4.20. The van der Waals surface area contributed by atoms with Gasteiger partial charge in [0.1, 0.15) is 6.54 Å². The Labute approximate surface area is 196 Å². The van der Waals surface area contributed by atoms with E-state index in [1.54, 1.807) is 18.4 Å². The van der Waals surface area contributed by atoms with Crippen LogP contribution >= 0.6 is 11.8 Å². The normalized spacial score (nSPS) is 11.6. The lowest BCUT2D eigenvalue weighted by atomic mass is 9.87. The summed E-state index contributed by atoms with van der Waals surface area (Å²) in [6, 6.07) is 10.7. The number of nitro benzene ring substituents is 1. The molecule has 33 heavy (non-hydrogen) atoms. The number of hydrogen-bond donors (Lipinski definition) is 2. The third-order valence-electron chi connectivity index (χ3n) is 4.46. The van der Waals surface area contributed by atoms with Gasteiger partial charge in [-0.1, -0.05) is 32.9 Å². The number of nitrogens with zero attached hydrogens (tertiary/aromatic N) is 1. The molecule has 0 aliphatic rings. The van der Waals surface area contributed by atoms with Crippen LogP contribution in [0.25, 0.3) is 0 Å². The summed E-state index contributed by atoms with van der Waals surface area (Å²) in [5.41, 5.74) is 1.22. The van der Waals surface area contributed by atoms with Gasteiger partial charge in [-0.25, -0.2) is 8.42 Å². The first-order valence-corrected chi connectivity index (χ1v) is 12.4. The largest absolute Gasteiger partial charge is 0.455 e. The molecule has 1 amide bonds. The van der Waals surface area contributed by atoms with Crippen molar-refractivity contribution < 1.29 is 27.7 Å². The number of ether oxygens (including phenoxy) is 1. The third-order valence-corrected chi connectivity index (χ3v) is 6.65. The summed E-state index contributed by atoms with van der Waals surface area (Å²) in [4.78, 5) is 34.2. The van der Waals surface area contributed by atoms with Crippen LogP contribution in [-0.2, 0) is 29.8 Å². The Hall–Kier alpha value is -2.96. The highest BCUT2D eigenvalue weighted by atomic mass is 32.2. The van der Waals surface area contributed by atoms with Gasteiger partial charge in [0.15, 0.2) is 6.61 Å². The fraction of sp³-hybridized carbons (Fsp3) is 0.333. The number of benzene rings is 2. The molecule has 0 unspecified atom stereocenters. The highest BCUT2D eigenvalue weighted by Gasteiger charge is 2.22. The Bertz CT molecular complexity index is 1140. The maximum atomic E-state index is 12.4. The second-order valence-corrected chi connectivity index (χ2v) is 10.6. The number of sulfonamides is 1. The molecule has 2 N–H and O–H groups in total. The van der Waals surface area contributed by atoms with Gasteiger partial charge in [-0.15, -0.1) is 11.8 Å². The first-order valence-electron chi connectivity index (χ1n) is 9.71. The molecule has 178 valence electrons. The first-order chi connectivity index (χ1) is 15.3. The molecular formula is C21H25N3O7S2. The van der Waals surface area contributed by atoms with Gasteiger partial charge in [0.2, 0.25) is 10.0 Å². The zero-order valence-corrected chi connectivity index (χ0v) is 20.2. The molecule has 0 spiro atoms. The van der Waals surface area contributed by atoms with Crippen molar-refractivity contribution in [2.75, 3.05) is 24.7 Å². The lowest BCUT2D eigenvalue weighted by Gasteiger charge is -2.19. The van der Waals surface area contributed by atoms with E-state index in [-0.39, 0.29) is 16.0 Å². The molecule has 2 aromatic rings. The molecule has 0 aliphatic carbocycles. The second kappa shape index (κ2) is 10.8. The third kappa shape index (κ3) is 7.55. The Morgan fingerprint density at radius 3 is 2.30 bits per heavy atom. The molecule has 2 rings (SSSR count). The predicted molar refractivity (Wildman–Crippen MR) is 125 cm³/mol. The first kappa shape index (κ1) is 26.3. The lowest BCUT2D eigenvalue weighted by molar-refractivity contribution is -0.388. The molecular weight excluding hydrogens is 470 g/mol. The molecule has 0 atom stereocenters. The average molecular weight is 496 g/mol. The van der Waals surface area contributed by atoms with E-state index >= 15 is 0 Å². The number of esters is 1. The van der Waals surface area contributed by atoms with E-state index < -0.39 is 40.0 Å². The molecule has 0 saturated carbocycles. The summed E-state index contributed by atoms with van der Waals surface area (Å²) < 4.78 is 31.5. The van der Waals surface area contributed by atoms with E-state index in [2.05, 4.69) is 26.1 Å². The maximum absolute atomic E-state index is 12.4. The van der Waals surface area contributed by atoms with Crippen molar-refractivity contribution >= 4 is 45.0 Å². The Morgan fingerprint density at radius 2 is 1.76 bits per heavy atom. The van der Waals surface area contributed by atoms with Crippen LogP contribution in [0, 0.1) is 10.1 Å². The number of rotatable bonds is 9. The molecule has 0 fully saturated rings. The van der Waals surface area contributed by atoms with Crippen molar-refractivity contribution in [1.82, 2.24) is 4.72 Å². The van der Waals surface area contributed by atoms with E-state index in [0.29, 0.717) is 10.6 Å². The van der Waals surface area contributed by atoms with E-state index in [9.17, 15) is 28.1 Å². The number of carbonyl (C=O) groups is 2. The highest BCUT2D eigenvalue weighted by Crippen LogP contribution is 2.29. The van der Waals surface area contributed by atoms with E-state index in [1.165, 1.54) is 12.1 Å². The zero-order valence-electron chi connectivity index (χ0n) is 18.6. The summed E-state index contributed by atoms with van der Waals surface area (Å²) in [6.07, 6.45) is 1.63. The number of anilines is 1. The minimum Gasteiger partial charge on any atom is -0.455 e. The van der Waals surface area contributed by atoms with Crippen LogP contribution in [0.2, 0.25) is 0 Å². The minimum atomic E-state index is -4.20. The van der Waals surface area contributed by atoms with E-state index in [1.807, 2.05) is 16.9 Å². The molecule has 0 bridgehead atoms. The van der Waals surface area contributed by atoms with Crippen LogP contribution in [0.5, 0.6) is 0 Å². The second-order valence-electron chi connectivity index (χ2n) is 7.95. The summed E-state index contributed by atoms with van der Waals surface area (Å²) >= 11 is 1.10. The smallest absolute Gasteiger partial charge is 0.321 e. The van der Waals surface area contributed by atoms with Crippen molar-refractivity contribution in [3.8, 4) is 0 Å². The van der Waals surface area contributed by atoms with Gasteiger partial charge in [0.25, 0.3) is 11.6 Å². The molecule has 0 aromatic heterocycles. The number of amides is 1. The molecule has 0 saturated heterocycles.